The number of rotatable bonds is 6. The maximum atomic E-state index is 6.13. The van der Waals surface area contributed by atoms with E-state index in [-0.39, 0.29) is 6.04 Å². The van der Waals surface area contributed by atoms with E-state index in [2.05, 4.69) is 50.2 Å². The predicted octanol–water partition coefficient (Wildman–Crippen LogP) is 2.90. The summed E-state index contributed by atoms with van der Waals surface area (Å²) in [5.74, 6) is 2.39. The van der Waals surface area contributed by atoms with E-state index in [1.807, 2.05) is 36.7 Å². The number of nitrogens with one attached hydrogen (secondary N) is 1. The molecule has 0 radical (unpaired) electrons. The Balaban J connectivity index is 1.34. The largest absolute Gasteiger partial charge is 0.493 e. The van der Waals surface area contributed by atoms with Gasteiger partial charge in [0.05, 0.1) is 12.6 Å². The average Bonchev–Trinajstić information content (AvgIpc) is 3.16. The van der Waals surface area contributed by atoms with Crippen LogP contribution in [-0.2, 0) is 13.0 Å². The molecule has 3 aromatic rings. The second kappa shape index (κ2) is 8.61. The molecule has 6 nitrogen and oxygen atoms in total. The number of hydrogen-bond donors (Lipinski definition) is 2. The SMILES string of the molecule is NC(=NCCc1nccn1Cc1ccccc1)NC1CCOc2ccccc21. The molecule has 0 amide bonds. The maximum Gasteiger partial charge on any atom is 0.189 e. The Bertz CT molecular complexity index is 935. The van der Waals surface area contributed by atoms with Gasteiger partial charge in [-0.05, 0) is 11.6 Å². The van der Waals surface area contributed by atoms with Crippen LogP contribution in [0.4, 0.5) is 0 Å². The molecule has 144 valence electrons. The van der Waals surface area contributed by atoms with Gasteiger partial charge in [0.15, 0.2) is 5.96 Å². The molecule has 6 heteroatoms. The molecule has 1 atom stereocenters. The zero-order valence-electron chi connectivity index (χ0n) is 15.8. The molecule has 0 fully saturated rings. The van der Waals surface area contributed by atoms with E-state index in [1.54, 1.807) is 0 Å². The van der Waals surface area contributed by atoms with Gasteiger partial charge in [-0.15, -0.1) is 0 Å². The molecular formula is C22H25N5O. The molecule has 0 spiro atoms. The maximum absolute atomic E-state index is 6.13. The fraction of sp³-hybridized carbons (Fsp3) is 0.273. The zero-order chi connectivity index (χ0) is 19.2. The van der Waals surface area contributed by atoms with Crippen LogP contribution >= 0.6 is 0 Å². The highest BCUT2D eigenvalue weighted by Crippen LogP contribution is 2.31. The number of hydrogen-bond acceptors (Lipinski definition) is 3. The van der Waals surface area contributed by atoms with Crippen molar-refractivity contribution in [1.82, 2.24) is 14.9 Å². The van der Waals surface area contributed by atoms with Gasteiger partial charge in [0.1, 0.15) is 11.6 Å². The van der Waals surface area contributed by atoms with Gasteiger partial charge in [-0.1, -0.05) is 48.5 Å². The van der Waals surface area contributed by atoms with Gasteiger partial charge in [0.25, 0.3) is 0 Å². The summed E-state index contributed by atoms with van der Waals surface area (Å²) in [6.45, 7) is 2.08. The van der Waals surface area contributed by atoms with Crippen LogP contribution in [0.15, 0.2) is 72.0 Å². The van der Waals surface area contributed by atoms with Crippen LogP contribution in [0.3, 0.4) is 0 Å². The van der Waals surface area contributed by atoms with Crippen LogP contribution in [0.1, 0.15) is 29.4 Å². The smallest absolute Gasteiger partial charge is 0.189 e. The van der Waals surface area contributed by atoms with Crippen LogP contribution in [-0.4, -0.2) is 28.7 Å². The van der Waals surface area contributed by atoms with Crippen molar-refractivity contribution in [3.05, 3.63) is 83.9 Å². The Morgan fingerprint density at radius 3 is 2.89 bits per heavy atom. The highest BCUT2D eigenvalue weighted by Gasteiger charge is 2.21. The minimum atomic E-state index is 0.133. The van der Waals surface area contributed by atoms with Crippen molar-refractivity contribution in [2.75, 3.05) is 13.2 Å². The van der Waals surface area contributed by atoms with Crippen molar-refractivity contribution in [3.63, 3.8) is 0 Å². The number of benzene rings is 2. The first-order valence-corrected chi connectivity index (χ1v) is 9.62. The van der Waals surface area contributed by atoms with E-state index in [1.165, 1.54) is 5.56 Å². The average molecular weight is 375 g/mol. The molecule has 4 rings (SSSR count). The summed E-state index contributed by atoms with van der Waals surface area (Å²) in [6.07, 6.45) is 5.45. The van der Waals surface area contributed by atoms with Gasteiger partial charge in [-0.3, -0.25) is 4.99 Å². The number of aliphatic imine (C=N–C) groups is 1. The van der Waals surface area contributed by atoms with Gasteiger partial charge in [0.2, 0.25) is 0 Å². The molecule has 0 saturated carbocycles. The first kappa shape index (κ1) is 18.1. The minimum absolute atomic E-state index is 0.133. The molecule has 2 heterocycles. The number of ether oxygens (including phenoxy) is 1. The third kappa shape index (κ3) is 4.34. The molecule has 28 heavy (non-hydrogen) atoms. The lowest BCUT2D eigenvalue weighted by Gasteiger charge is -2.26. The van der Waals surface area contributed by atoms with Crippen LogP contribution in [0, 0.1) is 0 Å². The van der Waals surface area contributed by atoms with Crippen molar-refractivity contribution >= 4 is 5.96 Å². The van der Waals surface area contributed by atoms with Crippen LogP contribution < -0.4 is 15.8 Å². The minimum Gasteiger partial charge on any atom is -0.493 e. The summed E-state index contributed by atoms with van der Waals surface area (Å²) in [6, 6.07) is 18.6. The fourth-order valence-corrected chi connectivity index (χ4v) is 3.48. The highest BCUT2D eigenvalue weighted by molar-refractivity contribution is 5.78. The molecule has 2 aromatic carbocycles. The lowest BCUT2D eigenvalue weighted by Crippen LogP contribution is -2.37. The summed E-state index contributed by atoms with van der Waals surface area (Å²) in [5, 5.41) is 3.33. The van der Waals surface area contributed by atoms with Crippen LogP contribution in [0.25, 0.3) is 0 Å². The number of para-hydroxylation sites is 1. The number of nitrogens with two attached hydrogens (primary N) is 1. The quantitative estimate of drug-likeness (QED) is 0.513. The van der Waals surface area contributed by atoms with Gasteiger partial charge in [0, 0.05) is 43.9 Å². The molecule has 1 unspecified atom stereocenters. The van der Waals surface area contributed by atoms with Gasteiger partial charge >= 0.3 is 0 Å². The van der Waals surface area contributed by atoms with E-state index < -0.39 is 0 Å². The highest BCUT2D eigenvalue weighted by atomic mass is 16.5. The molecule has 0 aliphatic carbocycles. The summed E-state index contributed by atoms with van der Waals surface area (Å²) in [4.78, 5) is 8.97. The molecule has 3 N–H and O–H groups in total. The lowest BCUT2D eigenvalue weighted by atomic mass is 10.0. The van der Waals surface area contributed by atoms with Crippen molar-refractivity contribution in [2.45, 2.75) is 25.4 Å². The first-order chi connectivity index (χ1) is 13.8. The number of nitrogens with zero attached hydrogens (tertiary/aromatic N) is 3. The number of imidazole rings is 1. The van der Waals surface area contributed by atoms with Crippen molar-refractivity contribution < 1.29 is 4.74 Å². The number of fused-ring (bicyclic) bond motifs is 1. The number of guanidine groups is 1. The molecule has 1 aliphatic heterocycles. The molecule has 0 bridgehead atoms. The second-order valence-electron chi connectivity index (χ2n) is 6.85. The van der Waals surface area contributed by atoms with Crippen molar-refractivity contribution in [2.24, 2.45) is 10.7 Å². The summed E-state index contributed by atoms with van der Waals surface area (Å²) >= 11 is 0. The van der Waals surface area contributed by atoms with Crippen LogP contribution in [0.2, 0.25) is 0 Å². The zero-order valence-corrected chi connectivity index (χ0v) is 15.8. The Kier molecular flexibility index (Phi) is 5.56. The molecular weight excluding hydrogens is 350 g/mol. The lowest BCUT2D eigenvalue weighted by molar-refractivity contribution is 0.262. The Labute approximate surface area is 165 Å². The molecule has 0 saturated heterocycles. The van der Waals surface area contributed by atoms with Gasteiger partial charge in [-0.2, -0.15) is 0 Å². The van der Waals surface area contributed by atoms with Gasteiger partial charge in [-0.25, -0.2) is 4.98 Å². The number of aromatic nitrogens is 2. The van der Waals surface area contributed by atoms with E-state index in [0.29, 0.717) is 19.1 Å². The second-order valence-corrected chi connectivity index (χ2v) is 6.85. The standard InChI is InChI=1S/C22H25N5O/c23-22(26-19-11-15-28-20-9-5-4-8-18(19)20)25-12-10-21-24-13-14-27(21)16-17-6-2-1-3-7-17/h1-9,13-14,19H,10-12,15-16H2,(H3,23,25,26). The topological polar surface area (TPSA) is 77.5 Å². The summed E-state index contributed by atoms with van der Waals surface area (Å²) in [7, 11) is 0. The first-order valence-electron chi connectivity index (χ1n) is 9.62. The van der Waals surface area contributed by atoms with Crippen molar-refractivity contribution in [3.8, 4) is 5.75 Å². The predicted molar refractivity (Wildman–Crippen MR) is 110 cm³/mol. The third-order valence-electron chi connectivity index (χ3n) is 4.90. The van der Waals surface area contributed by atoms with Crippen LogP contribution in [0.5, 0.6) is 5.75 Å². The summed E-state index contributed by atoms with van der Waals surface area (Å²) in [5.41, 5.74) is 8.52. The molecule has 1 aliphatic rings. The molecule has 1 aromatic heterocycles. The normalized spacial score (nSPS) is 16.3. The van der Waals surface area contributed by atoms with E-state index >= 15 is 0 Å². The van der Waals surface area contributed by atoms with E-state index in [4.69, 9.17) is 10.5 Å². The van der Waals surface area contributed by atoms with E-state index in [9.17, 15) is 0 Å². The Hall–Kier alpha value is -3.28. The fourth-order valence-electron chi connectivity index (χ4n) is 3.48. The van der Waals surface area contributed by atoms with E-state index in [0.717, 1.165) is 36.5 Å². The Morgan fingerprint density at radius 1 is 1.18 bits per heavy atom. The van der Waals surface area contributed by atoms with Crippen molar-refractivity contribution in [1.29, 1.82) is 0 Å². The monoisotopic (exact) mass is 375 g/mol. The Morgan fingerprint density at radius 2 is 2.00 bits per heavy atom. The third-order valence-corrected chi connectivity index (χ3v) is 4.90. The van der Waals surface area contributed by atoms with Gasteiger partial charge < -0.3 is 20.4 Å². The summed E-state index contributed by atoms with van der Waals surface area (Å²) < 4.78 is 7.85.